The minimum Gasteiger partial charge on any atom is -0.394 e. The summed E-state index contributed by atoms with van der Waals surface area (Å²) < 4.78 is 34.4. The van der Waals surface area contributed by atoms with E-state index in [0.717, 1.165) is 103 Å². The van der Waals surface area contributed by atoms with Gasteiger partial charge in [0, 0.05) is 6.42 Å². The summed E-state index contributed by atoms with van der Waals surface area (Å²) >= 11 is 0. The summed E-state index contributed by atoms with van der Waals surface area (Å²) in [6, 6.07) is -0.900. The Labute approximate surface area is 528 Å². The highest BCUT2D eigenvalue weighted by Gasteiger charge is 2.53. The molecule has 3 aliphatic heterocycles. The van der Waals surface area contributed by atoms with Gasteiger partial charge < -0.3 is 89.9 Å². The Balaban J connectivity index is 1.45. The fourth-order valence-corrected chi connectivity index (χ4v) is 11.3. The number of hydrogen-bond acceptors (Lipinski definition) is 18. The number of carbonyl (C=O) groups is 1. The van der Waals surface area contributed by atoms with Gasteiger partial charge in [0.2, 0.25) is 5.91 Å². The molecule has 3 saturated heterocycles. The van der Waals surface area contributed by atoms with Crippen molar-refractivity contribution in [2.75, 3.05) is 26.4 Å². The van der Waals surface area contributed by atoms with Gasteiger partial charge in [-0.15, -0.1) is 0 Å². The second-order valence-corrected chi connectivity index (χ2v) is 24.3. The molecule has 12 N–H and O–H groups in total. The average molecular weight is 1250 g/mol. The maximum absolute atomic E-state index is 13.4. The van der Waals surface area contributed by atoms with E-state index in [-0.39, 0.29) is 18.9 Å². The first-order chi connectivity index (χ1) is 42.8. The van der Waals surface area contributed by atoms with Gasteiger partial charge in [-0.3, -0.25) is 4.79 Å². The van der Waals surface area contributed by atoms with E-state index in [1.54, 1.807) is 0 Å². The molecule has 0 radical (unpaired) electrons. The van der Waals surface area contributed by atoms with Crippen LogP contribution >= 0.6 is 0 Å². The minimum absolute atomic E-state index is 0.245. The third-order valence-electron chi connectivity index (χ3n) is 16.8. The number of rotatable bonds is 51. The Hall–Kier alpha value is -2.77. The molecule has 19 heteroatoms. The van der Waals surface area contributed by atoms with Gasteiger partial charge in [0.15, 0.2) is 18.9 Å². The first-order valence-corrected chi connectivity index (χ1v) is 34.2. The molecule has 88 heavy (non-hydrogen) atoms. The monoisotopic (exact) mass is 1250 g/mol. The fourth-order valence-electron chi connectivity index (χ4n) is 11.3. The van der Waals surface area contributed by atoms with E-state index in [4.69, 9.17) is 28.4 Å². The van der Waals surface area contributed by atoms with Gasteiger partial charge in [-0.05, 0) is 64.2 Å². The van der Waals surface area contributed by atoms with Crippen LogP contribution in [0, 0.1) is 0 Å². The molecule has 0 bridgehead atoms. The molecule has 17 atom stereocenters. The van der Waals surface area contributed by atoms with E-state index in [2.05, 4.69) is 92.1 Å². The molecule has 0 aromatic rings. The predicted octanol–water partition coefficient (Wildman–Crippen LogP) is 8.55. The number of hydrogen-bond donors (Lipinski definition) is 12. The molecule has 0 spiro atoms. The quantitative estimate of drug-likeness (QED) is 0.0200. The third-order valence-corrected chi connectivity index (χ3v) is 16.8. The lowest BCUT2D eigenvalue weighted by atomic mass is 9.96. The summed E-state index contributed by atoms with van der Waals surface area (Å²) in [5, 5.41) is 121. The smallest absolute Gasteiger partial charge is 0.220 e. The SMILES string of the molecule is CC/C=C\C/C=C\C/C=C\C/C=C\C/C=C\C/C=C\CCCCCCCCC(=O)NC(COC1OC(CO)C(OC2OC(CO)C(OC3OC(CO)C(O)C(O)C3O)C(O)C2O)C(O)C1O)C(O)CCCCCCCCCCCCCCCCCCCC. The van der Waals surface area contributed by atoms with Crippen LogP contribution in [0.1, 0.15) is 226 Å². The average Bonchev–Trinajstić information content (AvgIpc) is 3.70. The summed E-state index contributed by atoms with van der Waals surface area (Å²) in [6.07, 6.45) is 35.4. The van der Waals surface area contributed by atoms with Crippen LogP contribution < -0.4 is 5.32 Å². The molecular formula is C69H121NO18. The van der Waals surface area contributed by atoms with Gasteiger partial charge >= 0.3 is 0 Å². The summed E-state index contributed by atoms with van der Waals surface area (Å²) in [7, 11) is 0. The van der Waals surface area contributed by atoms with Crippen LogP contribution in [0.5, 0.6) is 0 Å². The summed E-state index contributed by atoms with van der Waals surface area (Å²) in [5.41, 5.74) is 0. The minimum atomic E-state index is -1.98. The largest absolute Gasteiger partial charge is 0.394 e. The van der Waals surface area contributed by atoms with E-state index >= 15 is 0 Å². The molecule has 0 aliphatic carbocycles. The van der Waals surface area contributed by atoms with Gasteiger partial charge in [-0.2, -0.15) is 0 Å². The van der Waals surface area contributed by atoms with Crippen LogP contribution in [0.15, 0.2) is 72.9 Å². The molecule has 0 saturated carbocycles. The number of carbonyl (C=O) groups excluding carboxylic acids is 1. The molecule has 3 rings (SSSR count). The highest BCUT2D eigenvalue weighted by molar-refractivity contribution is 5.76. The van der Waals surface area contributed by atoms with Crippen molar-refractivity contribution >= 4 is 5.91 Å². The first kappa shape index (κ1) is 79.5. The number of amides is 1. The Morgan fingerprint density at radius 2 is 0.784 bits per heavy atom. The van der Waals surface area contributed by atoms with Crippen LogP contribution in [0.3, 0.4) is 0 Å². The zero-order chi connectivity index (χ0) is 64.0. The van der Waals surface area contributed by atoms with Crippen molar-refractivity contribution in [3.63, 3.8) is 0 Å². The van der Waals surface area contributed by atoms with Crippen molar-refractivity contribution in [1.82, 2.24) is 5.32 Å². The first-order valence-electron chi connectivity index (χ1n) is 34.2. The summed E-state index contributed by atoms with van der Waals surface area (Å²) in [6.45, 7) is 1.67. The highest BCUT2D eigenvalue weighted by atomic mass is 16.8. The van der Waals surface area contributed by atoms with Gasteiger partial charge in [0.1, 0.15) is 73.2 Å². The van der Waals surface area contributed by atoms with Crippen LogP contribution in [0.2, 0.25) is 0 Å². The predicted molar refractivity (Wildman–Crippen MR) is 341 cm³/mol. The number of nitrogens with one attached hydrogen (secondary N) is 1. The molecule has 0 aromatic carbocycles. The van der Waals surface area contributed by atoms with Gasteiger partial charge in [0.25, 0.3) is 0 Å². The van der Waals surface area contributed by atoms with Crippen molar-refractivity contribution in [3.05, 3.63) is 72.9 Å². The lowest BCUT2D eigenvalue weighted by molar-refractivity contribution is -0.379. The molecule has 1 amide bonds. The van der Waals surface area contributed by atoms with Crippen molar-refractivity contribution in [1.29, 1.82) is 0 Å². The number of aliphatic hydroxyl groups excluding tert-OH is 11. The molecule has 3 aliphatic rings. The van der Waals surface area contributed by atoms with E-state index in [0.29, 0.717) is 12.8 Å². The third kappa shape index (κ3) is 32.7. The number of allylic oxidation sites excluding steroid dienone is 12. The topological polar surface area (TPSA) is 307 Å². The molecule has 3 heterocycles. The van der Waals surface area contributed by atoms with E-state index in [1.165, 1.54) is 89.9 Å². The van der Waals surface area contributed by atoms with Crippen LogP contribution in [-0.2, 0) is 33.2 Å². The molecule has 0 aromatic heterocycles. The Morgan fingerprint density at radius 1 is 0.420 bits per heavy atom. The summed E-state index contributed by atoms with van der Waals surface area (Å²) in [5.74, 6) is -0.259. The van der Waals surface area contributed by atoms with Crippen LogP contribution in [-0.4, -0.2) is 193 Å². The summed E-state index contributed by atoms with van der Waals surface area (Å²) in [4.78, 5) is 13.4. The van der Waals surface area contributed by atoms with Gasteiger partial charge in [-0.25, -0.2) is 0 Å². The number of aliphatic hydroxyl groups is 11. The maximum Gasteiger partial charge on any atom is 0.220 e. The van der Waals surface area contributed by atoms with Crippen molar-refractivity contribution < 1.29 is 89.4 Å². The molecule has 510 valence electrons. The molecule has 3 fully saturated rings. The molecule has 19 nitrogen and oxygen atoms in total. The number of ether oxygens (including phenoxy) is 6. The molecular weight excluding hydrogens is 1130 g/mol. The highest BCUT2D eigenvalue weighted by Crippen LogP contribution is 2.33. The molecule has 17 unspecified atom stereocenters. The van der Waals surface area contributed by atoms with Crippen molar-refractivity contribution in [2.24, 2.45) is 0 Å². The van der Waals surface area contributed by atoms with Crippen molar-refractivity contribution in [3.8, 4) is 0 Å². The van der Waals surface area contributed by atoms with E-state index in [9.17, 15) is 61.0 Å². The standard InChI is InChI=1S/C69H121NO18/c1-3-5-7-9-11-13-15-17-19-21-23-24-25-26-27-28-29-31-33-35-37-39-41-43-45-47-57(75)70-52(53(74)46-44-42-40-38-36-34-32-30-22-20-18-16-14-12-10-8-6-4-2)51-83-67-63(81)60(78)65(55(49-72)85-67)88-69-64(82)61(79)66(56(50-73)86-69)87-68-62(80)59(77)58(76)54(48-71)84-68/h5,7,11,13,17,19,23-24,26-27,29,31,52-56,58-69,71-74,76-82H,3-4,6,8-10,12,14-16,18,20-22,25,28,30,32-51H2,1-2H3,(H,70,75)/b7-5-,13-11-,19-17-,24-23-,27-26-,31-29-. The van der Waals surface area contributed by atoms with Gasteiger partial charge in [0.05, 0.1) is 38.6 Å². The van der Waals surface area contributed by atoms with E-state index in [1.807, 2.05) is 0 Å². The van der Waals surface area contributed by atoms with Crippen LogP contribution in [0.25, 0.3) is 0 Å². The zero-order valence-electron chi connectivity index (χ0n) is 53.7. The zero-order valence-corrected chi connectivity index (χ0v) is 53.7. The van der Waals surface area contributed by atoms with Gasteiger partial charge in [-0.1, -0.05) is 228 Å². The number of unbranched alkanes of at least 4 members (excludes halogenated alkanes) is 23. The van der Waals surface area contributed by atoms with Crippen LogP contribution in [0.4, 0.5) is 0 Å². The Bertz CT molecular complexity index is 1880. The Kier molecular flexibility index (Phi) is 45.8. The maximum atomic E-state index is 13.4. The van der Waals surface area contributed by atoms with Crippen molar-refractivity contribution in [2.45, 2.75) is 330 Å². The lowest BCUT2D eigenvalue weighted by Crippen LogP contribution is -2.66. The fraction of sp³-hybridized carbons (Fsp3) is 0.812. The van der Waals surface area contributed by atoms with E-state index < -0.39 is 124 Å². The Morgan fingerprint density at radius 3 is 1.23 bits per heavy atom. The lowest BCUT2D eigenvalue weighted by Gasteiger charge is -2.48. The second-order valence-electron chi connectivity index (χ2n) is 24.3. The normalized spacial score (nSPS) is 28.9. The second kappa shape index (κ2) is 50.7.